The van der Waals surface area contributed by atoms with E-state index in [-0.39, 0.29) is 5.91 Å². The molecule has 2 aliphatic heterocycles. The molecule has 2 fully saturated rings. The number of carbonyl (C=O) groups excluding carboxylic acids is 1. The van der Waals surface area contributed by atoms with Gasteiger partial charge in [-0.15, -0.1) is 0 Å². The average Bonchev–Trinajstić information content (AvgIpc) is 3.07. The number of aromatic nitrogens is 1. The Morgan fingerprint density at radius 2 is 1.81 bits per heavy atom. The molecule has 2 aromatic rings. The van der Waals surface area contributed by atoms with Crippen molar-refractivity contribution in [1.82, 2.24) is 14.8 Å². The van der Waals surface area contributed by atoms with E-state index >= 15 is 0 Å². The second-order valence-electron chi connectivity index (χ2n) is 7.42. The highest BCUT2D eigenvalue weighted by molar-refractivity contribution is 6.42. The monoisotopic (exact) mass is 403 g/mol. The fourth-order valence-electron chi connectivity index (χ4n) is 4.47. The summed E-state index contributed by atoms with van der Waals surface area (Å²) in [5.74, 6) is 0.232. The molecule has 142 valence electrons. The van der Waals surface area contributed by atoms with Crippen LogP contribution in [0.5, 0.6) is 0 Å². The summed E-state index contributed by atoms with van der Waals surface area (Å²) in [4.78, 5) is 22.2. The predicted molar refractivity (Wildman–Crippen MR) is 108 cm³/mol. The number of likely N-dealkylation sites (tertiary alicyclic amines) is 2. The first kappa shape index (κ1) is 18.7. The van der Waals surface area contributed by atoms with Crippen LogP contribution < -0.4 is 0 Å². The third-order valence-corrected chi connectivity index (χ3v) is 6.66. The van der Waals surface area contributed by atoms with Gasteiger partial charge < -0.3 is 4.90 Å². The van der Waals surface area contributed by atoms with E-state index in [0.29, 0.717) is 23.1 Å². The molecule has 1 aromatic carbocycles. The molecular weight excluding hydrogens is 381 g/mol. The van der Waals surface area contributed by atoms with Gasteiger partial charge >= 0.3 is 0 Å². The maximum Gasteiger partial charge on any atom is 0.243 e. The van der Waals surface area contributed by atoms with E-state index in [2.05, 4.69) is 9.88 Å². The number of halogens is 2. The van der Waals surface area contributed by atoms with Gasteiger partial charge in [0, 0.05) is 19.3 Å². The summed E-state index contributed by atoms with van der Waals surface area (Å²) in [5, 5.41) is 1.16. The van der Waals surface area contributed by atoms with Gasteiger partial charge in [0.2, 0.25) is 5.91 Å². The minimum atomic E-state index is -0.418. The van der Waals surface area contributed by atoms with E-state index in [1.54, 1.807) is 12.3 Å². The molecule has 6 heteroatoms. The lowest BCUT2D eigenvalue weighted by atomic mass is 9.85. The number of nitrogens with zero attached hydrogens (tertiary/aromatic N) is 3. The zero-order valence-electron chi connectivity index (χ0n) is 15.2. The molecule has 4 rings (SSSR count). The van der Waals surface area contributed by atoms with Crippen LogP contribution in [0.1, 0.15) is 36.9 Å². The third kappa shape index (κ3) is 3.58. The highest BCUT2D eigenvalue weighted by Gasteiger charge is 2.50. The van der Waals surface area contributed by atoms with E-state index in [4.69, 9.17) is 23.2 Å². The van der Waals surface area contributed by atoms with Crippen molar-refractivity contribution in [3.05, 3.63) is 63.9 Å². The molecule has 1 spiro atoms. The zero-order chi connectivity index (χ0) is 18.9. The number of amides is 1. The van der Waals surface area contributed by atoms with Crippen LogP contribution >= 0.6 is 23.2 Å². The lowest BCUT2D eigenvalue weighted by molar-refractivity contribution is -0.148. The molecule has 1 atom stereocenters. The van der Waals surface area contributed by atoms with E-state index in [9.17, 15) is 4.79 Å². The molecule has 0 radical (unpaired) electrons. The molecule has 0 bridgehead atoms. The largest absolute Gasteiger partial charge is 0.335 e. The Morgan fingerprint density at radius 3 is 2.59 bits per heavy atom. The Hall–Kier alpha value is -1.62. The second kappa shape index (κ2) is 7.78. The molecule has 1 unspecified atom stereocenters. The standard InChI is InChI=1S/C21H23Cl2N3O/c22-18-8-3-6-16(19(18)23)14-26-13-5-10-21(26)9-4-12-25(20(21)27)15-17-7-1-2-11-24-17/h1-3,6-8,11H,4-5,9-10,12-15H2. The Bertz CT molecular complexity index is 829. The van der Waals surface area contributed by atoms with Crippen LogP contribution in [0.25, 0.3) is 0 Å². The van der Waals surface area contributed by atoms with Crippen LogP contribution in [0.4, 0.5) is 0 Å². The quantitative estimate of drug-likeness (QED) is 0.751. The van der Waals surface area contributed by atoms with Crippen molar-refractivity contribution in [2.75, 3.05) is 13.1 Å². The molecule has 2 saturated heterocycles. The summed E-state index contributed by atoms with van der Waals surface area (Å²) in [5.41, 5.74) is 1.50. The Morgan fingerprint density at radius 1 is 1.00 bits per heavy atom. The summed E-state index contributed by atoms with van der Waals surface area (Å²) in [7, 11) is 0. The van der Waals surface area contributed by atoms with Crippen LogP contribution in [0.15, 0.2) is 42.6 Å². The van der Waals surface area contributed by atoms with Gasteiger partial charge in [-0.3, -0.25) is 14.7 Å². The lowest BCUT2D eigenvalue weighted by Crippen LogP contribution is -2.59. The molecule has 1 aromatic heterocycles. The first-order chi connectivity index (χ1) is 13.1. The summed E-state index contributed by atoms with van der Waals surface area (Å²) in [6.07, 6.45) is 5.63. The highest BCUT2D eigenvalue weighted by atomic mass is 35.5. The number of benzene rings is 1. The molecule has 0 N–H and O–H groups in total. The predicted octanol–water partition coefficient (Wildman–Crippen LogP) is 4.55. The van der Waals surface area contributed by atoms with Crippen molar-refractivity contribution in [2.24, 2.45) is 0 Å². The SMILES string of the molecule is O=C1N(Cc2ccccn2)CCCC12CCCN2Cc1cccc(Cl)c1Cl. The van der Waals surface area contributed by atoms with Crippen LogP contribution in [0.3, 0.4) is 0 Å². The number of hydrogen-bond acceptors (Lipinski definition) is 3. The Labute approximate surface area is 170 Å². The summed E-state index contributed by atoms with van der Waals surface area (Å²) in [6.45, 7) is 2.94. The van der Waals surface area contributed by atoms with Gasteiger partial charge in [-0.05, 0) is 56.0 Å². The van der Waals surface area contributed by atoms with Crippen molar-refractivity contribution in [2.45, 2.75) is 44.3 Å². The van der Waals surface area contributed by atoms with Crippen molar-refractivity contribution in [1.29, 1.82) is 0 Å². The van der Waals surface area contributed by atoms with Gasteiger partial charge in [-0.25, -0.2) is 0 Å². The van der Waals surface area contributed by atoms with E-state index in [1.807, 2.05) is 35.2 Å². The minimum Gasteiger partial charge on any atom is -0.335 e. The first-order valence-corrected chi connectivity index (χ1v) is 10.2. The van der Waals surface area contributed by atoms with Crippen molar-refractivity contribution < 1.29 is 4.79 Å². The molecule has 4 nitrogen and oxygen atoms in total. The lowest BCUT2D eigenvalue weighted by Gasteiger charge is -2.44. The summed E-state index contributed by atoms with van der Waals surface area (Å²) in [6, 6.07) is 11.6. The van der Waals surface area contributed by atoms with Gasteiger partial charge in [0.25, 0.3) is 0 Å². The topological polar surface area (TPSA) is 36.4 Å². The van der Waals surface area contributed by atoms with E-state index < -0.39 is 5.54 Å². The van der Waals surface area contributed by atoms with Gasteiger partial charge in [-0.1, -0.05) is 41.4 Å². The van der Waals surface area contributed by atoms with Gasteiger partial charge in [0.1, 0.15) is 5.54 Å². The number of carbonyl (C=O) groups is 1. The number of pyridine rings is 1. The van der Waals surface area contributed by atoms with Crippen molar-refractivity contribution in [3.8, 4) is 0 Å². The minimum absolute atomic E-state index is 0.232. The molecule has 0 aliphatic carbocycles. The molecule has 0 saturated carbocycles. The van der Waals surface area contributed by atoms with Crippen LogP contribution in [-0.2, 0) is 17.9 Å². The fourth-order valence-corrected chi connectivity index (χ4v) is 4.85. The Balaban J connectivity index is 1.56. The summed E-state index contributed by atoms with van der Waals surface area (Å²) >= 11 is 12.6. The first-order valence-electron chi connectivity index (χ1n) is 9.47. The van der Waals surface area contributed by atoms with Crippen LogP contribution in [-0.4, -0.2) is 39.3 Å². The third-order valence-electron chi connectivity index (χ3n) is 5.80. The molecular formula is C21H23Cl2N3O. The van der Waals surface area contributed by atoms with Crippen molar-refractivity contribution in [3.63, 3.8) is 0 Å². The second-order valence-corrected chi connectivity index (χ2v) is 8.21. The molecule has 1 amide bonds. The van der Waals surface area contributed by atoms with Gasteiger partial charge in [-0.2, -0.15) is 0 Å². The summed E-state index contributed by atoms with van der Waals surface area (Å²) < 4.78 is 0. The van der Waals surface area contributed by atoms with Crippen LogP contribution in [0, 0.1) is 0 Å². The maximum atomic E-state index is 13.5. The molecule has 2 aliphatic rings. The van der Waals surface area contributed by atoms with E-state index in [1.165, 1.54) is 0 Å². The molecule has 3 heterocycles. The number of piperidine rings is 1. The maximum absolute atomic E-state index is 13.5. The Kier molecular flexibility index (Phi) is 5.40. The fraction of sp³-hybridized carbons (Fsp3) is 0.429. The molecule has 27 heavy (non-hydrogen) atoms. The van der Waals surface area contributed by atoms with Crippen molar-refractivity contribution >= 4 is 29.1 Å². The van der Waals surface area contributed by atoms with Gasteiger partial charge in [0.05, 0.1) is 22.3 Å². The number of hydrogen-bond donors (Lipinski definition) is 0. The number of rotatable bonds is 4. The smallest absolute Gasteiger partial charge is 0.243 e. The van der Waals surface area contributed by atoms with Crippen LogP contribution in [0.2, 0.25) is 10.0 Å². The van der Waals surface area contributed by atoms with Gasteiger partial charge in [0.15, 0.2) is 0 Å². The average molecular weight is 404 g/mol. The van der Waals surface area contributed by atoms with E-state index in [0.717, 1.165) is 50.0 Å². The normalized spacial score (nSPS) is 23.3. The zero-order valence-corrected chi connectivity index (χ0v) is 16.7. The highest BCUT2D eigenvalue weighted by Crippen LogP contribution is 2.40.